The van der Waals surface area contributed by atoms with Gasteiger partial charge in [-0.2, -0.15) is 0 Å². The molecule has 1 aliphatic heterocycles. The van der Waals surface area contributed by atoms with Crippen LogP contribution in [-0.4, -0.2) is 46.0 Å². The number of rotatable bonds is 6. The second kappa shape index (κ2) is 10.5. The van der Waals surface area contributed by atoms with Crippen LogP contribution in [0.5, 0.6) is 0 Å². The lowest BCUT2D eigenvalue weighted by Crippen LogP contribution is -2.48. The number of anilines is 1. The molecule has 188 valence electrons. The van der Waals surface area contributed by atoms with Crippen molar-refractivity contribution in [2.45, 2.75) is 44.1 Å². The highest BCUT2D eigenvalue weighted by molar-refractivity contribution is 5.98. The summed E-state index contributed by atoms with van der Waals surface area (Å²) in [6.45, 7) is 1.23. The lowest BCUT2D eigenvalue weighted by molar-refractivity contribution is -0.141. The maximum atomic E-state index is 13.7. The van der Waals surface area contributed by atoms with Gasteiger partial charge in [-0.05, 0) is 74.4 Å². The third-order valence-corrected chi connectivity index (χ3v) is 7.57. The van der Waals surface area contributed by atoms with Crippen molar-refractivity contribution >= 4 is 17.5 Å². The number of aromatic nitrogens is 2. The summed E-state index contributed by atoms with van der Waals surface area (Å²) in [5.41, 5.74) is 8.16. The van der Waals surface area contributed by atoms with Crippen molar-refractivity contribution in [3.05, 3.63) is 70.7 Å². The van der Waals surface area contributed by atoms with Crippen molar-refractivity contribution in [2.24, 2.45) is 17.6 Å². The van der Waals surface area contributed by atoms with E-state index in [0.717, 1.165) is 37.7 Å². The fourth-order valence-electron chi connectivity index (χ4n) is 5.57. The van der Waals surface area contributed by atoms with E-state index in [1.54, 1.807) is 29.2 Å². The summed E-state index contributed by atoms with van der Waals surface area (Å²) >= 11 is 0. The average molecular weight is 490 g/mol. The van der Waals surface area contributed by atoms with Crippen molar-refractivity contribution in [1.29, 1.82) is 0 Å². The third-order valence-electron chi connectivity index (χ3n) is 7.57. The molecule has 2 amide bonds. The van der Waals surface area contributed by atoms with Crippen molar-refractivity contribution in [3.63, 3.8) is 0 Å². The van der Waals surface area contributed by atoms with Gasteiger partial charge in [-0.1, -0.05) is 35.5 Å². The van der Waals surface area contributed by atoms with Gasteiger partial charge in [-0.3, -0.25) is 19.1 Å². The molecule has 2 fully saturated rings. The summed E-state index contributed by atoms with van der Waals surface area (Å²) in [5, 5.41) is 6.69. The molecule has 9 heteroatoms. The third kappa shape index (κ3) is 4.97. The number of likely N-dealkylation sites (tertiary alicyclic amines) is 1. The zero-order valence-electron chi connectivity index (χ0n) is 20.1. The normalized spacial score (nSPS) is 24.0. The Bertz CT molecular complexity index is 1240. The number of carbonyl (C=O) groups is 2. The number of aromatic amines is 1. The molecule has 4 N–H and O–H groups in total. The zero-order valence-corrected chi connectivity index (χ0v) is 20.1. The first-order valence-electron chi connectivity index (χ1n) is 12.6. The number of hydrogen-bond acceptors (Lipinski definition) is 6. The molecule has 5 rings (SSSR count). The van der Waals surface area contributed by atoms with Gasteiger partial charge in [0.1, 0.15) is 6.04 Å². The maximum absolute atomic E-state index is 13.7. The predicted octanol–water partition coefficient (Wildman–Crippen LogP) is 3.12. The average Bonchev–Trinajstić information content (AvgIpc) is 3.56. The Labute approximate surface area is 209 Å². The molecule has 1 aromatic heterocycles. The number of nitrogens with one attached hydrogen (secondary N) is 2. The van der Waals surface area contributed by atoms with Gasteiger partial charge in [0.15, 0.2) is 5.82 Å². The highest BCUT2D eigenvalue weighted by Crippen LogP contribution is 2.38. The van der Waals surface area contributed by atoms with Crippen molar-refractivity contribution < 1.29 is 14.1 Å². The molecule has 9 nitrogen and oxygen atoms in total. The van der Waals surface area contributed by atoms with Crippen molar-refractivity contribution in [1.82, 2.24) is 15.0 Å². The number of amides is 2. The van der Waals surface area contributed by atoms with Gasteiger partial charge in [-0.15, -0.1) is 0 Å². The van der Waals surface area contributed by atoms with Crippen molar-refractivity contribution in [2.75, 3.05) is 18.4 Å². The monoisotopic (exact) mass is 489 g/mol. The summed E-state index contributed by atoms with van der Waals surface area (Å²) in [4.78, 5) is 42.8. The van der Waals surface area contributed by atoms with Crippen LogP contribution < -0.4 is 16.8 Å². The molecule has 2 heterocycles. The van der Waals surface area contributed by atoms with Crippen LogP contribution in [0.2, 0.25) is 0 Å². The Hall–Kier alpha value is -3.72. The Balaban J connectivity index is 1.35. The van der Waals surface area contributed by atoms with Crippen LogP contribution >= 0.6 is 0 Å². The van der Waals surface area contributed by atoms with Gasteiger partial charge in [0.2, 0.25) is 11.8 Å². The molecular weight excluding hydrogens is 458 g/mol. The Morgan fingerprint density at radius 3 is 2.39 bits per heavy atom. The number of nitrogens with zero attached hydrogens (tertiary/aromatic N) is 2. The van der Waals surface area contributed by atoms with E-state index in [2.05, 4.69) is 20.0 Å². The lowest BCUT2D eigenvalue weighted by Gasteiger charge is -2.33. The highest BCUT2D eigenvalue weighted by Gasteiger charge is 2.44. The molecule has 1 aliphatic carbocycles. The minimum atomic E-state index is -0.628. The number of nitrogens with two attached hydrogens (primary N) is 1. The molecule has 0 spiro atoms. The van der Waals surface area contributed by atoms with E-state index in [9.17, 15) is 14.4 Å². The molecule has 3 aromatic rings. The van der Waals surface area contributed by atoms with E-state index in [1.165, 1.54) is 0 Å². The zero-order chi connectivity index (χ0) is 25.1. The van der Waals surface area contributed by atoms with Crippen LogP contribution in [0, 0.1) is 11.8 Å². The quantitative estimate of drug-likeness (QED) is 0.487. The Morgan fingerprint density at radius 1 is 1.03 bits per heavy atom. The standard InChI is InChI=1S/C27H31N5O4/c28-16-17-6-8-20(9-7-17)26(34)32-15-14-22(18-4-2-1-3-5-18)23(32)25(33)29-21-12-10-19(11-13-21)24-30-27(35)36-31-24/h1-5,10-13,17,20,22-23H,6-9,14-16,28H2,(H,29,33)(H,30,31,35)/t17?,20?,22-,23-/m0/s1. The molecular formula is C27H31N5O4. The summed E-state index contributed by atoms with van der Waals surface area (Å²) in [6, 6.07) is 16.3. The molecule has 2 aromatic carbocycles. The second-order valence-electron chi connectivity index (χ2n) is 9.75. The van der Waals surface area contributed by atoms with Gasteiger partial charge < -0.3 is 16.0 Å². The van der Waals surface area contributed by atoms with Crippen LogP contribution in [0.1, 0.15) is 43.6 Å². The van der Waals surface area contributed by atoms with Crippen LogP contribution in [0.3, 0.4) is 0 Å². The molecule has 36 heavy (non-hydrogen) atoms. The van der Waals surface area contributed by atoms with Gasteiger partial charge >= 0.3 is 5.76 Å². The molecule has 2 aliphatic rings. The predicted molar refractivity (Wildman–Crippen MR) is 135 cm³/mol. The first-order chi connectivity index (χ1) is 17.5. The smallest absolute Gasteiger partial charge is 0.330 e. The summed E-state index contributed by atoms with van der Waals surface area (Å²) in [6.07, 6.45) is 4.32. The summed E-state index contributed by atoms with van der Waals surface area (Å²) in [7, 11) is 0. The first kappa shape index (κ1) is 24.0. The molecule has 1 saturated carbocycles. The van der Waals surface area contributed by atoms with E-state index >= 15 is 0 Å². The van der Waals surface area contributed by atoms with Crippen LogP contribution in [0.4, 0.5) is 5.69 Å². The van der Waals surface area contributed by atoms with E-state index in [-0.39, 0.29) is 23.7 Å². The highest BCUT2D eigenvalue weighted by atomic mass is 16.5. The topological polar surface area (TPSA) is 134 Å². The minimum absolute atomic E-state index is 0.0541. The SMILES string of the molecule is NCC1CCC(C(=O)N2CC[C@@H](c3ccccc3)[C@H]2C(=O)Nc2ccc(-c3noc(=O)[nH]3)cc2)CC1. The number of hydrogen-bond donors (Lipinski definition) is 3. The lowest BCUT2D eigenvalue weighted by atomic mass is 9.81. The number of benzene rings is 2. The van der Waals surface area contributed by atoms with E-state index in [4.69, 9.17) is 5.73 Å². The van der Waals surface area contributed by atoms with Crippen LogP contribution in [-0.2, 0) is 9.59 Å². The first-order valence-corrected chi connectivity index (χ1v) is 12.6. The maximum Gasteiger partial charge on any atom is 0.439 e. The number of H-pyrrole nitrogens is 1. The fourth-order valence-corrected chi connectivity index (χ4v) is 5.57. The number of carbonyl (C=O) groups excluding carboxylic acids is 2. The largest absolute Gasteiger partial charge is 0.439 e. The molecule has 0 bridgehead atoms. The molecule has 0 unspecified atom stereocenters. The van der Waals surface area contributed by atoms with Gasteiger partial charge in [0.25, 0.3) is 0 Å². The van der Waals surface area contributed by atoms with Crippen LogP contribution in [0.15, 0.2) is 63.9 Å². The Morgan fingerprint density at radius 2 is 1.75 bits per heavy atom. The summed E-state index contributed by atoms with van der Waals surface area (Å²) < 4.78 is 4.56. The molecule has 1 saturated heterocycles. The van der Waals surface area contributed by atoms with Gasteiger partial charge in [0.05, 0.1) is 0 Å². The van der Waals surface area contributed by atoms with Gasteiger partial charge in [-0.25, -0.2) is 4.79 Å². The summed E-state index contributed by atoms with van der Waals surface area (Å²) in [5.74, 6) is -0.0727. The molecule has 0 radical (unpaired) electrons. The second-order valence-corrected chi connectivity index (χ2v) is 9.75. The molecule has 2 atom stereocenters. The van der Waals surface area contributed by atoms with Crippen molar-refractivity contribution in [3.8, 4) is 11.4 Å². The minimum Gasteiger partial charge on any atom is -0.330 e. The van der Waals surface area contributed by atoms with E-state index < -0.39 is 11.8 Å². The fraction of sp³-hybridized carbons (Fsp3) is 0.407. The van der Waals surface area contributed by atoms with E-state index in [0.29, 0.717) is 36.1 Å². The Kier molecular flexibility index (Phi) is 6.99. The van der Waals surface area contributed by atoms with E-state index in [1.807, 2.05) is 30.3 Å². The van der Waals surface area contributed by atoms with Gasteiger partial charge in [0, 0.05) is 29.6 Å². The van der Waals surface area contributed by atoms with Crippen LogP contribution in [0.25, 0.3) is 11.4 Å².